The largest absolute Gasteiger partial charge is 0.245 e. The number of unbranched alkanes of at least 4 members (excludes halogenated alkanes) is 6. The number of nitrogens with zero attached hydrogens (tertiary/aromatic N) is 2. The molecule has 6 heteroatoms. The molecule has 216 valence electrons. The van der Waals surface area contributed by atoms with Gasteiger partial charge in [-0.1, -0.05) is 52.4 Å². The van der Waals surface area contributed by atoms with Crippen LogP contribution in [0.3, 0.4) is 0 Å². The van der Waals surface area contributed by atoms with Crippen LogP contribution in [0.25, 0.3) is 51.7 Å². The van der Waals surface area contributed by atoms with E-state index in [0.717, 1.165) is 22.4 Å². The van der Waals surface area contributed by atoms with Gasteiger partial charge in [-0.3, -0.25) is 0 Å². The van der Waals surface area contributed by atoms with Gasteiger partial charge in [0.25, 0.3) is 0 Å². The second-order valence-electron chi connectivity index (χ2n) is 10.9. The third kappa shape index (κ3) is 7.11. The summed E-state index contributed by atoms with van der Waals surface area (Å²) in [5.74, 6) is 0. The standard InChI is InChI=1S/C36H38N2S4/c1-3-5-7-9-11-25-13-19-33(39-25)35-23-21-31(41-35)29-17-15-28-27(37-29)16-18-30(38-28)32-22-24-36(42-32)34-20-14-26(40-34)12-10-8-6-4-2/h13-24H,3-12H2,1-2H3. The van der Waals surface area contributed by atoms with Crippen molar-refractivity contribution in [2.45, 2.75) is 78.1 Å². The van der Waals surface area contributed by atoms with Gasteiger partial charge >= 0.3 is 0 Å². The average molecular weight is 627 g/mol. The summed E-state index contributed by atoms with van der Waals surface area (Å²) in [6.45, 7) is 4.54. The zero-order valence-electron chi connectivity index (χ0n) is 24.5. The van der Waals surface area contributed by atoms with Crippen molar-refractivity contribution in [2.75, 3.05) is 0 Å². The van der Waals surface area contributed by atoms with E-state index in [4.69, 9.17) is 9.97 Å². The van der Waals surface area contributed by atoms with Crippen molar-refractivity contribution >= 4 is 56.4 Å². The molecule has 0 N–H and O–H groups in total. The summed E-state index contributed by atoms with van der Waals surface area (Å²) in [7, 11) is 0. The maximum atomic E-state index is 5.00. The summed E-state index contributed by atoms with van der Waals surface area (Å²) < 4.78 is 0. The predicted octanol–water partition coefficient (Wildman–Crippen LogP) is 12.8. The first kappa shape index (κ1) is 29.4. The van der Waals surface area contributed by atoms with E-state index in [1.54, 1.807) is 0 Å². The minimum atomic E-state index is 0.944. The molecule has 6 aromatic heterocycles. The van der Waals surface area contributed by atoms with Crippen LogP contribution in [0.4, 0.5) is 0 Å². The number of rotatable bonds is 14. The topological polar surface area (TPSA) is 25.8 Å². The van der Waals surface area contributed by atoms with Crippen LogP contribution in [-0.4, -0.2) is 9.97 Å². The van der Waals surface area contributed by atoms with E-state index in [1.807, 2.05) is 45.3 Å². The van der Waals surface area contributed by atoms with Gasteiger partial charge in [0.15, 0.2) is 0 Å². The van der Waals surface area contributed by atoms with Crippen LogP contribution in [0.15, 0.2) is 72.8 Å². The number of aryl methyl sites for hydroxylation is 2. The molecule has 6 aromatic rings. The fourth-order valence-electron chi connectivity index (χ4n) is 5.24. The van der Waals surface area contributed by atoms with Crippen molar-refractivity contribution < 1.29 is 0 Å². The first-order valence-electron chi connectivity index (χ1n) is 15.4. The van der Waals surface area contributed by atoms with Gasteiger partial charge < -0.3 is 0 Å². The number of fused-ring (bicyclic) bond motifs is 1. The van der Waals surface area contributed by atoms with Gasteiger partial charge in [-0.15, -0.1) is 45.3 Å². The lowest BCUT2D eigenvalue weighted by Gasteiger charge is -2.03. The normalized spacial score (nSPS) is 11.6. The van der Waals surface area contributed by atoms with Crippen LogP contribution < -0.4 is 0 Å². The quantitative estimate of drug-likeness (QED) is 0.112. The van der Waals surface area contributed by atoms with Crippen LogP contribution in [0.5, 0.6) is 0 Å². The highest BCUT2D eigenvalue weighted by Gasteiger charge is 2.12. The van der Waals surface area contributed by atoms with Crippen LogP contribution >= 0.6 is 45.3 Å². The first-order chi connectivity index (χ1) is 20.7. The molecular formula is C36H38N2S4. The Hall–Kier alpha value is -2.64. The molecule has 0 unspecified atom stereocenters. The summed E-state index contributed by atoms with van der Waals surface area (Å²) >= 11 is 7.55. The lowest BCUT2D eigenvalue weighted by molar-refractivity contribution is 0.670. The van der Waals surface area contributed by atoms with Gasteiger partial charge in [-0.2, -0.15) is 0 Å². The summed E-state index contributed by atoms with van der Waals surface area (Å²) in [6, 6.07) is 26.6. The number of hydrogen-bond acceptors (Lipinski definition) is 6. The van der Waals surface area contributed by atoms with E-state index in [0.29, 0.717) is 0 Å². The van der Waals surface area contributed by atoms with Crippen LogP contribution in [0, 0.1) is 0 Å². The molecule has 42 heavy (non-hydrogen) atoms. The van der Waals surface area contributed by atoms with E-state index in [2.05, 4.69) is 86.6 Å². The maximum absolute atomic E-state index is 5.00. The number of aromatic nitrogens is 2. The molecule has 0 atom stereocenters. The van der Waals surface area contributed by atoms with Gasteiger partial charge in [0.2, 0.25) is 0 Å². The molecule has 0 aliphatic heterocycles. The minimum absolute atomic E-state index is 0.944. The molecule has 0 amide bonds. The molecule has 0 fully saturated rings. The Morgan fingerprint density at radius 2 is 0.810 bits per heavy atom. The van der Waals surface area contributed by atoms with Gasteiger partial charge in [-0.25, -0.2) is 9.97 Å². The van der Waals surface area contributed by atoms with Crippen LogP contribution in [0.2, 0.25) is 0 Å². The Bertz CT molecular complexity index is 1610. The van der Waals surface area contributed by atoms with Crippen molar-refractivity contribution in [3.05, 3.63) is 82.6 Å². The third-order valence-corrected chi connectivity index (χ3v) is 12.5. The van der Waals surface area contributed by atoms with Crippen molar-refractivity contribution in [3.8, 4) is 40.7 Å². The molecule has 0 aliphatic rings. The summed E-state index contributed by atoms with van der Waals surface area (Å²) in [5, 5.41) is 0. The zero-order chi connectivity index (χ0) is 28.7. The highest BCUT2D eigenvalue weighted by molar-refractivity contribution is 7.24. The number of thiophene rings is 4. The molecule has 0 aromatic carbocycles. The Morgan fingerprint density at radius 3 is 1.26 bits per heavy atom. The van der Waals surface area contributed by atoms with E-state index >= 15 is 0 Å². The smallest absolute Gasteiger partial charge is 0.0895 e. The number of pyridine rings is 2. The van der Waals surface area contributed by atoms with Crippen molar-refractivity contribution in [1.82, 2.24) is 9.97 Å². The molecule has 0 bridgehead atoms. The van der Waals surface area contributed by atoms with Crippen molar-refractivity contribution in [2.24, 2.45) is 0 Å². The monoisotopic (exact) mass is 626 g/mol. The SMILES string of the molecule is CCCCCCc1ccc(-c2ccc(-c3ccc4nc(-c5ccc(-c6ccc(CCCCCC)s6)s5)ccc4n3)s2)s1. The maximum Gasteiger partial charge on any atom is 0.0895 e. The van der Waals surface area contributed by atoms with E-state index < -0.39 is 0 Å². The Balaban J connectivity index is 1.13. The highest BCUT2D eigenvalue weighted by atomic mass is 32.1. The van der Waals surface area contributed by atoms with E-state index in [-0.39, 0.29) is 0 Å². The first-order valence-corrected chi connectivity index (χ1v) is 18.6. The van der Waals surface area contributed by atoms with E-state index in [1.165, 1.54) is 103 Å². The fourth-order valence-corrected chi connectivity index (χ4v) is 9.47. The van der Waals surface area contributed by atoms with Crippen molar-refractivity contribution in [3.63, 3.8) is 0 Å². The summed E-state index contributed by atoms with van der Waals surface area (Å²) in [5.41, 5.74) is 3.93. The summed E-state index contributed by atoms with van der Waals surface area (Å²) in [4.78, 5) is 20.8. The highest BCUT2D eigenvalue weighted by Crippen LogP contribution is 2.39. The minimum Gasteiger partial charge on any atom is -0.245 e. The molecule has 0 aliphatic carbocycles. The molecule has 0 spiro atoms. The average Bonchev–Trinajstić information content (AvgIpc) is 3.84. The Morgan fingerprint density at radius 1 is 0.405 bits per heavy atom. The third-order valence-electron chi connectivity index (χ3n) is 7.62. The Kier molecular flexibility index (Phi) is 9.97. The van der Waals surface area contributed by atoms with Gasteiger partial charge in [0, 0.05) is 29.3 Å². The molecule has 2 nitrogen and oxygen atoms in total. The van der Waals surface area contributed by atoms with E-state index in [9.17, 15) is 0 Å². The fraction of sp³-hybridized carbons (Fsp3) is 0.333. The second kappa shape index (κ2) is 14.2. The molecule has 0 saturated carbocycles. The van der Waals surface area contributed by atoms with Crippen LogP contribution in [-0.2, 0) is 12.8 Å². The molecular weight excluding hydrogens is 589 g/mol. The predicted molar refractivity (Wildman–Crippen MR) is 188 cm³/mol. The lowest BCUT2D eigenvalue weighted by Crippen LogP contribution is -1.87. The van der Waals surface area contributed by atoms with Crippen molar-refractivity contribution in [1.29, 1.82) is 0 Å². The Labute approximate surface area is 266 Å². The number of hydrogen-bond donors (Lipinski definition) is 0. The molecule has 0 radical (unpaired) electrons. The van der Waals surface area contributed by atoms with Gasteiger partial charge in [-0.05, 0) is 98.5 Å². The van der Waals surface area contributed by atoms with Crippen LogP contribution in [0.1, 0.15) is 75.0 Å². The lowest BCUT2D eigenvalue weighted by atomic mass is 10.1. The van der Waals surface area contributed by atoms with Gasteiger partial charge in [0.05, 0.1) is 32.2 Å². The molecule has 0 saturated heterocycles. The summed E-state index contributed by atoms with van der Waals surface area (Å²) in [6.07, 6.45) is 12.9. The zero-order valence-corrected chi connectivity index (χ0v) is 27.8. The second-order valence-corrected chi connectivity index (χ2v) is 15.4. The van der Waals surface area contributed by atoms with Gasteiger partial charge in [0.1, 0.15) is 0 Å². The molecule has 6 rings (SSSR count). The molecule has 6 heterocycles.